The summed E-state index contributed by atoms with van der Waals surface area (Å²) in [5, 5.41) is 13.6. The molecule has 0 aliphatic carbocycles. The average molecular weight is 301 g/mol. The van der Waals surface area contributed by atoms with E-state index in [-0.39, 0.29) is 6.61 Å². The van der Waals surface area contributed by atoms with Gasteiger partial charge in [0.1, 0.15) is 6.61 Å². The summed E-state index contributed by atoms with van der Waals surface area (Å²) in [5.74, 6) is -0.829. The lowest BCUT2D eigenvalue weighted by Crippen LogP contribution is -2.28. The molecule has 0 saturated heterocycles. The van der Waals surface area contributed by atoms with Crippen LogP contribution in [-0.4, -0.2) is 17.2 Å². The Morgan fingerprint density at radius 3 is 2.36 bits per heavy atom. The molecule has 1 N–H and O–H groups in total. The van der Waals surface area contributed by atoms with Gasteiger partial charge >= 0.3 is 5.97 Å². The number of carbonyl (C=O) groups excluding carboxylic acids is 1. The molecular weight excluding hydrogens is 286 g/mol. The van der Waals surface area contributed by atoms with E-state index in [1.807, 2.05) is 30.3 Å². The standard InChI is InChI=1S/C16H15N3O3/c17-19-18-14(13-9-5-2-6-10-13)15(20)16(21)22-11-12-7-3-1-4-8-12/h1-10,14-15,20H,11H2/t14-,15-/m0/s1/i15+2,16+2. The van der Waals surface area contributed by atoms with Crippen molar-refractivity contribution in [2.24, 2.45) is 5.11 Å². The zero-order valence-electron chi connectivity index (χ0n) is 11.7. The average Bonchev–Trinajstić information content (AvgIpc) is 2.58. The van der Waals surface area contributed by atoms with Crippen LogP contribution in [-0.2, 0) is 16.1 Å². The Bertz CT molecular complexity index is 655. The number of benzene rings is 2. The maximum Gasteiger partial charge on any atom is 0.336 e. The summed E-state index contributed by atoms with van der Waals surface area (Å²) in [4.78, 5) is 14.6. The van der Waals surface area contributed by atoms with E-state index in [1.165, 1.54) is 0 Å². The van der Waals surface area contributed by atoms with E-state index in [0.717, 1.165) is 5.56 Å². The van der Waals surface area contributed by atoms with Gasteiger partial charge in [-0.2, -0.15) is 0 Å². The van der Waals surface area contributed by atoms with Gasteiger partial charge in [0.15, 0.2) is 6.10 Å². The van der Waals surface area contributed by atoms with Crippen molar-refractivity contribution < 1.29 is 14.6 Å². The fourth-order valence-corrected chi connectivity index (χ4v) is 1.96. The molecule has 6 heteroatoms. The molecule has 0 spiro atoms. The first-order valence-electron chi connectivity index (χ1n) is 6.70. The molecule has 2 rings (SSSR count). The maximum atomic E-state index is 12.0. The molecule has 0 aliphatic heterocycles. The normalized spacial score (nSPS) is 12.8. The number of esters is 1. The highest BCUT2D eigenvalue weighted by Gasteiger charge is 2.28. The van der Waals surface area contributed by atoms with Crippen LogP contribution in [0.1, 0.15) is 17.2 Å². The summed E-state index contributed by atoms with van der Waals surface area (Å²) in [5.41, 5.74) is 9.99. The van der Waals surface area contributed by atoms with Gasteiger partial charge in [-0.15, -0.1) is 0 Å². The lowest BCUT2D eigenvalue weighted by molar-refractivity contribution is -0.156. The lowest BCUT2D eigenvalue weighted by Gasteiger charge is -2.17. The number of hydrogen-bond acceptors (Lipinski definition) is 4. The van der Waals surface area contributed by atoms with Crippen LogP contribution in [0.5, 0.6) is 0 Å². The molecule has 0 fully saturated rings. The van der Waals surface area contributed by atoms with Gasteiger partial charge in [-0.05, 0) is 16.7 Å². The van der Waals surface area contributed by atoms with Crippen molar-refractivity contribution in [3.8, 4) is 0 Å². The highest BCUT2D eigenvalue weighted by Crippen LogP contribution is 2.22. The predicted molar refractivity (Wildman–Crippen MR) is 80.6 cm³/mol. The molecule has 0 amide bonds. The van der Waals surface area contributed by atoms with Crippen LogP contribution in [0.2, 0.25) is 0 Å². The van der Waals surface area contributed by atoms with Crippen molar-refractivity contribution in [3.63, 3.8) is 0 Å². The van der Waals surface area contributed by atoms with Crippen LogP contribution >= 0.6 is 0 Å². The van der Waals surface area contributed by atoms with E-state index in [0.29, 0.717) is 5.56 Å². The molecule has 2 atom stereocenters. The minimum Gasteiger partial charge on any atom is -0.459 e. The number of aliphatic hydroxyl groups is 1. The topological polar surface area (TPSA) is 95.3 Å². The summed E-state index contributed by atoms with van der Waals surface area (Å²) in [6, 6.07) is 16.7. The smallest absolute Gasteiger partial charge is 0.336 e. The number of azide groups is 1. The molecule has 0 heterocycles. The second kappa shape index (κ2) is 7.83. The molecule has 0 radical (unpaired) electrons. The van der Waals surface area contributed by atoms with Crippen LogP contribution in [0, 0.1) is 0 Å². The lowest BCUT2D eigenvalue weighted by atomic mass is 10.2. The Kier molecular flexibility index (Phi) is 5.54. The third kappa shape index (κ3) is 4.09. The van der Waals surface area contributed by atoms with Crippen LogP contribution in [0.3, 0.4) is 0 Å². The first-order valence-corrected chi connectivity index (χ1v) is 6.70. The SMILES string of the molecule is [N-]=[N+]=N[C@@H](c1ccccc1)[14C@H](O)[14C](=O)OCc1ccccc1. The first kappa shape index (κ1) is 15.6. The fraction of sp³-hybridized carbons (Fsp3) is 0.188. The molecular formula is C16H15N3O3. The van der Waals surface area contributed by atoms with Gasteiger partial charge in [0.2, 0.25) is 0 Å². The number of hydrogen-bond donors (Lipinski definition) is 1. The Balaban J connectivity index is 2.05. The summed E-state index contributed by atoms with van der Waals surface area (Å²) in [7, 11) is 0. The van der Waals surface area contributed by atoms with Crippen LogP contribution in [0.25, 0.3) is 10.4 Å². The number of aliphatic hydroxyl groups excluding tert-OH is 1. The minimum absolute atomic E-state index is 0.0501. The third-order valence-electron chi connectivity index (χ3n) is 3.08. The summed E-state index contributed by atoms with van der Waals surface area (Å²) in [6.45, 7) is 0.0501. The molecule has 22 heavy (non-hydrogen) atoms. The van der Waals surface area contributed by atoms with Gasteiger partial charge in [0.25, 0.3) is 0 Å². The summed E-state index contributed by atoms with van der Waals surface area (Å²) < 4.78 is 5.07. The van der Waals surface area contributed by atoms with Crippen LogP contribution in [0.15, 0.2) is 65.8 Å². The zero-order valence-corrected chi connectivity index (χ0v) is 11.7. The Morgan fingerprint density at radius 1 is 1.18 bits per heavy atom. The molecule has 2 aromatic rings. The van der Waals surface area contributed by atoms with Crippen molar-refractivity contribution in [3.05, 3.63) is 82.2 Å². The molecule has 6 nitrogen and oxygen atoms in total. The van der Waals surface area contributed by atoms with Crippen molar-refractivity contribution in [1.29, 1.82) is 0 Å². The highest BCUT2D eigenvalue weighted by atomic mass is 16.9. The van der Waals surface area contributed by atoms with Crippen molar-refractivity contribution in [1.82, 2.24) is 0 Å². The fourth-order valence-electron chi connectivity index (χ4n) is 1.96. The van der Waals surface area contributed by atoms with Crippen molar-refractivity contribution >= 4 is 5.97 Å². The Labute approximate surface area is 127 Å². The molecule has 2 aromatic carbocycles. The summed E-state index contributed by atoms with van der Waals surface area (Å²) >= 11 is 0. The van der Waals surface area contributed by atoms with Gasteiger partial charge in [0.05, 0.1) is 6.04 Å². The van der Waals surface area contributed by atoms with Crippen molar-refractivity contribution in [2.75, 3.05) is 0 Å². The number of ether oxygens (including phenoxy) is 1. The largest absolute Gasteiger partial charge is 0.459 e. The van der Waals surface area contributed by atoms with E-state index >= 15 is 0 Å². The molecule has 0 aromatic heterocycles. The molecule has 0 saturated carbocycles. The van der Waals surface area contributed by atoms with Gasteiger partial charge < -0.3 is 9.84 Å². The molecule has 0 aliphatic rings. The molecule has 0 unspecified atom stereocenters. The maximum absolute atomic E-state index is 12.0. The van der Waals surface area contributed by atoms with E-state index < -0.39 is 18.1 Å². The minimum atomic E-state index is -1.55. The monoisotopic (exact) mass is 301 g/mol. The number of nitrogens with zero attached hydrogens (tertiary/aromatic N) is 3. The van der Waals surface area contributed by atoms with Crippen molar-refractivity contribution in [2.45, 2.75) is 18.8 Å². The zero-order chi connectivity index (χ0) is 15.8. The highest BCUT2D eigenvalue weighted by molar-refractivity contribution is 5.75. The van der Waals surface area contributed by atoms with Gasteiger partial charge in [-0.25, -0.2) is 4.79 Å². The van der Waals surface area contributed by atoms with E-state index in [4.69, 9.17) is 10.3 Å². The van der Waals surface area contributed by atoms with Gasteiger partial charge in [0, 0.05) is 4.91 Å². The first-order chi connectivity index (χ1) is 10.7. The Morgan fingerprint density at radius 2 is 1.77 bits per heavy atom. The van der Waals surface area contributed by atoms with E-state index in [2.05, 4.69) is 10.0 Å². The quantitative estimate of drug-likeness (QED) is 0.384. The van der Waals surface area contributed by atoms with Crippen LogP contribution in [0.4, 0.5) is 0 Å². The number of carbonyl (C=O) groups is 1. The molecule has 0 bridgehead atoms. The number of rotatable bonds is 6. The van der Waals surface area contributed by atoms with Gasteiger partial charge in [-0.1, -0.05) is 65.8 Å². The Hall–Kier alpha value is -2.82. The second-order valence-electron chi connectivity index (χ2n) is 4.60. The van der Waals surface area contributed by atoms with E-state index in [1.54, 1.807) is 30.3 Å². The van der Waals surface area contributed by atoms with Gasteiger partial charge in [-0.3, -0.25) is 0 Å². The third-order valence-corrected chi connectivity index (χ3v) is 3.08. The van der Waals surface area contributed by atoms with E-state index in [9.17, 15) is 9.90 Å². The predicted octanol–water partition coefficient (Wildman–Crippen LogP) is 3.14. The second-order valence-corrected chi connectivity index (χ2v) is 4.60. The molecule has 112 valence electrons. The van der Waals surface area contributed by atoms with Crippen LogP contribution < -0.4 is 0 Å². The summed E-state index contributed by atoms with van der Waals surface area (Å²) in [6.07, 6.45) is -1.55.